The van der Waals surface area contributed by atoms with Crippen LogP contribution in [0.15, 0.2) is 24.3 Å². The molecule has 3 aliphatic heterocycles. The van der Waals surface area contributed by atoms with Crippen LogP contribution in [0.25, 0.3) is 6.08 Å². The SMILES string of the molecule is C1=Cc2cccc3c2N(C1)CC31NCCS1. The maximum absolute atomic E-state index is 3.70. The Morgan fingerprint density at radius 3 is 3.25 bits per heavy atom. The van der Waals surface area contributed by atoms with Gasteiger partial charge in [0.2, 0.25) is 0 Å². The highest BCUT2D eigenvalue weighted by molar-refractivity contribution is 8.00. The summed E-state index contributed by atoms with van der Waals surface area (Å²) in [6, 6.07) is 6.71. The van der Waals surface area contributed by atoms with E-state index in [-0.39, 0.29) is 4.87 Å². The Morgan fingerprint density at radius 1 is 1.38 bits per heavy atom. The summed E-state index contributed by atoms with van der Waals surface area (Å²) < 4.78 is 0. The van der Waals surface area contributed by atoms with Crippen LogP contribution in [0.3, 0.4) is 0 Å². The smallest absolute Gasteiger partial charge is 0.110 e. The van der Waals surface area contributed by atoms with Crippen LogP contribution in [0.5, 0.6) is 0 Å². The summed E-state index contributed by atoms with van der Waals surface area (Å²) in [4.78, 5) is 2.69. The molecule has 0 aromatic heterocycles. The van der Waals surface area contributed by atoms with Crippen LogP contribution < -0.4 is 10.2 Å². The first-order valence-electron chi connectivity index (χ1n) is 5.83. The second-order valence-electron chi connectivity index (χ2n) is 4.63. The van der Waals surface area contributed by atoms with Crippen molar-refractivity contribution >= 4 is 23.5 Å². The summed E-state index contributed by atoms with van der Waals surface area (Å²) in [5.74, 6) is 1.23. The minimum absolute atomic E-state index is 0.178. The van der Waals surface area contributed by atoms with Crippen LogP contribution in [-0.4, -0.2) is 25.4 Å². The Morgan fingerprint density at radius 2 is 2.38 bits per heavy atom. The van der Waals surface area contributed by atoms with E-state index in [1.807, 2.05) is 0 Å². The van der Waals surface area contributed by atoms with Crippen molar-refractivity contribution < 1.29 is 0 Å². The number of hydrogen-bond acceptors (Lipinski definition) is 3. The van der Waals surface area contributed by atoms with Crippen molar-refractivity contribution in [1.29, 1.82) is 0 Å². The number of thioether (sulfide) groups is 1. The summed E-state index contributed by atoms with van der Waals surface area (Å²) >= 11 is 2.07. The molecule has 4 rings (SSSR count). The molecule has 3 heteroatoms. The van der Waals surface area contributed by atoms with E-state index in [0.717, 1.165) is 19.6 Å². The van der Waals surface area contributed by atoms with Gasteiger partial charge >= 0.3 is 0 Å². The number of hydrogen-bond donors (Lipinski definition) is 1. The van der Waals surface area contributed by atoms with E-state index in [0.29, 0.717) is 0 Å². The molecule has 1 aromatic carbocycles. The Balaban J connectivity index is 1.96. The second kappa shape index (κ2) is 3.05. The predicted molar refractivity (Wildman–Crippen MR) is 69.8 cm³/mol. The fourth-order valence-corrected chi connectivity index (χ4v) is 4.40. The Kier molecular flexibility index (Phi) is 1.74. The van der Waals surface area contributed by atoms with Gasteiger partial charge in [0.1, 0.15) is 4.87 Å². The molecule has 1 atom stereocenters. The third kappa shape index (κ3) is 1.03. The van der Waals surface area contributed by atoms with Gasteiger partial charge in [0.15, 0.2) is 0 Å². The van der Waals surface area contributed by atoms with Crippen LogP contribution in [0.1, 0.15) is 11.1 Å². The second-order valence-corrected chi connectivity index (χ2v) is 6.02. The standard InChI is InChI=1S/C13H14N2S/c1-3-10-4-2-7-15-9-13(14-6-8-16-13)11(5-1)12(10)15/h1-5,14H,6-9H2. The molecule has 1 fully saturated rings. The van der Waals surface area contributed by atoms with Gasteiger partial charge in [-0.05, 0) is 5.56 Å². The van der Waals surface area contributed by atoms with E-state index in [1.165, 1.54) is 22.6 Å². The van der Waals surface area contributed by atoms with Crippen molar-refractivity contribution in [3.8, 4) is 0 Å². The van der Waals surface area contributed by atoms with Crippen molar-refractivity contribution in [3.05, 3.63) is 35.4 Å². The van der Waals surface area contributed by atoms with E-state index in [9.17, 15) is 0 Å². The minimum Gasteiger partial charge on any atom is -0.364 e. The summed E-state index contributed by atoms with van der Waals surface area (Å²) in [5, 5.41) is 3.70. The van der Waals surface area contributed by atoms with Crippen molar-refractivity contribution in [2.45, 2.75) is 4.87 Å². The topological polar surface area (TPSA) is 15.3 Å². The predicted octanol–water partition coefficient (Wildman–Crippen LogP) is 2.02. The fourth-order valence-electron chi connectivity index (χ4n) is 3.07. The molecule has 16 heavy (non-hydrogen) atoms. The van der Waals surface area contributed by atoms with Crippen LogP contribution in [0.2, 0.25) is 0 Å². The molecule has 3 heterocycles. The molecule has 2 nitrogen and oxygen atoms in total. The lowest BCUT2D eigenvalue weighted by atomic mass is 10.0. The highest BCUT2D eigenvalue weighted by atomic mass is 32.2. The third-order valence-electron chi connectivity index (χ3n) is 3.72. The molecule has 1 saturated heterocycles. The van der Waals surface area contributed by atoms with E-state index in [2.05, 4.69) is 52.3 Å². The molecule has 0 aliphatic carbocycles. The number of rotatable bonds is 0. The number of fused-ring (bicyclic) bond motifs is 1. The van der Waals surface area contributed by atoms with Crippen LogP contribution >= 0.6 is 11.8 Å². The molecule has 1 aromatic rings. The van der Waals surface area contributed by atoms with Crippen molar-refractivity contribution in [3.63, 3.8) is 0 Å². The normalized spacial score (nSPS) is 30.1. The van der Waals surface area contributed by atoms with E-state index in [4.69, 9.17) is 0 Å². The highest BCUT2D eigenvalue weighted by Gasteiger charge is 2.46. The van der Waals surface area contributed by atoms with Crippen LogP contribution in [0.4, 0.5) is 5.69 Å². The molecule has 82 valence electrons. The monoisotopic (exact) mass is 230 g/mol. The zero-order valence-corrected chi connectivity index (χ0v) is 9.89. The average Bonchev–Trinajstić information content (AvgIpc) is 2.89. The van der Waals surface area contributed by atoms with Crippen LogP contribution in [-0.2, 0) is 4.87 Å². The first-order chi connectivity index (χ1) is 7.89. The molecule has 1 unspecified atom stereocenters. The first-order valence-corrected chi connectivity index (χ1v) is 6.82. The van der Waals surface area contributed by atoms with Gasteiger partial charge in [-0.3, -0.25) is 5.32 Å². The minimum atomic E-state index is 0.178. The Labute approximate surface area is 99.7 Å². The Hall–Kier alpha value is -0.930. The van der Waals surface area contributed by atoms with Gasteiger partial charge in [0.05, 0.1) is 12.2 Å². The summed E-state index contributed by atoms with van der Waals surface area (Å²) in [5.41, 5.74) is 4.35. The third-order valence-corrected chi connectivity index (χ3v) is 5.11. The van der Waals surface area contributed by atoms with E-state index in [1.54, 1.807) is 0 Å². The number of para-hydroxylation sites is 1. The molecular weight excluding hydrogens is 216 g/mol. The molecule has 0 amide bonds. The highest BCUT2D eigenvalue weighted by Crippen LogP contribution is 2.50. The largest absolute Gasteiger partial charge is 0.364 e. The van der Waals surface area contributed by atoms with Gasteiger partial charge < -0.3 is 4.90 Å². The number of nitrogens with one attached hydrogen (secondary N) is 1. The zero-order valence-electron chi connectivity index (χ0n) is 9.07. The lowest BCUT2D eigenvalue weighted by molar-refractivity contribution is 0.551. The quantitative estimate of drug-likeness (QED) is 0.734. The molecule has 0 bridgehead atoms. The zero-order chi connectivity index (χ0) is 10.6. The summed E-state index contributed by atoms with van der Waals surface area (Å²) in [6.45, 7) is 3.32. The fraction of sp³-hybridized carbons (Fsp3) is 0.385. The number of benzene rings is 1. The Bertz CT molecular complexity index is 475. The van der Waals surface area contributed by atoms with Crippen molar-refractivity contribution in [2.24, 2.45) is 0 Å². The summed E-state index contributed by atoms with van der Waals surface area (Å²) in [7, 11) is 0. The first kappa shape index (κ1) is 9.14. The van der Waals surface area contributed by atoms with Gasteiger partial charge in [0, 0.05) is 24.4 Å². The lowest BCUT2D eigenvalue weighted by Crippen LogP contribution is -2.39. The maximum Gasteiger partial charge on any atom is 0.110 e. The molecule has 3 aliphatic rings. The molecule has 0 radical (unpaired) electrons. The van der Waals surface area contributed by atoms with Gasteiger partial charge in [-0.1, -0.05) is 30.4 Å². The molecule has 1 spiro atoms. The van der Waals surface area contributed by atoms with Crippen molar-refractivity contribution in [2.75, 3.05) is 30.3 Å². The van der Waals surface area contributed by atoms with Gasteiger partial charge in [-0.2, -0.15) is 0 Å². The maximum atomic E-state index is 3.70. The van der Waals surface area contributed by atoms with Crippen LogP contribution in [0, 0.1) is 0 Å². The van der Waals surface area contributed by atoms with Gasteiger partial charge in [0.25, 0.3) is 0 Å². The van der Waals surface area contributed by atoms with Gasteiger partial charge in [-0.15, -0.1) is 11.8 Å². The summed E-state index contributed by atoms with van der Waals surface area (Å²) in [6.07, 6.45) is 4.53. The molecule has 0 saturated carbocycles. The number of anilines is 1. The van der Waals surface area contributed by atoms with E-state index < -0.39 is 0 Å². The lowest BCUT2D eigenvalue weighted by Gasteiger charge is -2.25. The molecular formula is C13H14N2S. The van der Waals surface area contributed by atoms with Crippen molar-refractivity contribution in [1.82, 2.24) is 5.32 Å². The molecule has 1 N–H and O–H groups in total. The van der Waals surface area contributed by atoms with Gasteiger partial charge in [-0.25, -0.2) is 0 Å². The number of nitrogens with zero attached hydrogens (tertiary/aromatic N) is 1. The van der Waals surface area contributed by atoms with E-state index >= 15 is 0 Å². The average molecular weight is 230 g/mol.